The monoisotopic (exact) mass is 380 g/mol. The van der Waals surface area contributed by atoms with Crippen LogP contribution in [0.1, 0.15) is 10.4 Å². The lowest BCUT2D eigenvalue weighted by Gasteiger charge is -2.13. The van der Waals surface area contributed by atoms with Gasteiger partial charge in [0.1, 0.15) is 0 Å². The number of rotatable bonds is 4. The van der Waals surface area contributed by atoms with E-state index in [1.54, 1.807) is 22.9 Å². The third kappa shape index (κ3) is 3.99. The minimum Gasteiger partial charge on any atom is -0.392 e. The third-order valence-corrected chi connectivity index (χ3v) is 3.74. The van der Waals surface area contributed by atoms with Gasteiger partial charge in [-0.3, -0.25) is 4.79 Å². The molecule has 3 nitrogen and oxygen atoms in total. The molecule has 2 aromatic carbocycles. The highest BCUT2D eigenvalue weighted by Crippen LogP contribution is 2.32. The van der Waals surface area contributed by atoms with Crippen LogP contribution in [0, 0.1) is 0 Å². The van der Waals surface area contributed by atoms with Crippen LogP contribution in [0.25, 0.3) is 10.8 Å². The Labute approximate surface area is 154 Å². The van der Waals surface area contributed by atoms with E-state index in [-0.39, 0.29) is 12.3 Å². The molecular formula is C18H13Cl3NO2+. The molecule has 0 amide bonds. The highest BCUT2D eigenvalue weighted by Gasteiger charge is 2.30. The smallest absolute Gasteiger partial charge is 0.379 e. The molecule has 1 heterocycles. The van der Waals surface area contributed by atoms with Crippen molar-refractivity contribution in [3.63, 3.8) is 0 Å². The van der Waals surface area contributed by atoms with Gasteiger partial charge in [0, 0.05) is 11.6 Å². The summed E-state index contributed by atoms with van der Waals surface area (Å²) in [6.07, 6.45) is 1.74. The molecule has 0 radical (unpaired) electrons. The first-order chi connectivity index (χ1) is 11.4. The molecule has 0 N–H and O–H groups in total. The molecule has 3 aromatic rings. The highest BCUT2D eigenvalue weighted by molar-refractivity contribution is 6.66. The van der Waals surface area contributed by atoms with E-state index in [0.29, 0.717) is 11.4 Å². The van der Waals surface area contributed by atoms with E-state index in [9.17, 15) is 4.79 Å². The summed E-state index contributed by atoms with van der Waals surface area (Å²) in [4.78, 5) is 12.5. The molecule has 0 aliphatic heterocycles. The minimum absolute atomic E-state index is 0.0648. The van der Waals surface area contributed by atoms with Crippen LogP contribution in [0.15, 0.2) is 66.9 Å². The number of carbonyl (C=O) groups excluding carboxylic acids is 1. The number of ether oxygens (including phenoxy) is 1. The number of ketones is 1. The Kier molecular flexibility index (Phi) is 4.95. The number of carbonyl (C=O) groups is 1. The van der Waals surface area contributed by atoms with Crippen LogP contribution in [0.2, 0.25) is 0 Å². The number of nitrogens with zero attached hydrogens (tertiary/aromatic N) is 1. The predicted molar refractivity (Wildman–Crippen MR) is 95.8 cm³/mol. The second-order valence-corrected chi connectivity index (χ2v) is 7.35. The lowest BCUT2D eigenvalue weighted by Crippen LogP contribution is -2.41. The average Bonchev–Trinajstić information content (AvgIpc) is 2.56. The fraction of sp³-hybridized carbons (Fsp3) is 0.111. The van der Waals surface area contributed by atoms with Crippen LogP contribution in [-0.4, -0.2) is 9.76 Å². The quantitative estimate of drug-likeness (QED) is 0.372. The first-order valence-electron chi connectivity index (χ1n) is 7.19. The number of fused-ring (bicyclic) bond motifs is 1. The normalized spacial score (nSPS) is 11.5. The molecule has 24 heavy (non-hydrogen) atoms. The molecule has 0 aliphatic carbocycles. The molecule has 0 fully saturated rings. The molecular weight excluding hydrogens is 369 g/mol. The third-order valence-electron chi connectivity index (χ3n) is 3.51. The lowest BCUT2D eigenvalue weighted by atomic mass is 10.1. The molecule has 3 rings (SSSR count). The Balaban J connectivity index is 2.03. The van der Waals surface area contributed by atoms with Crippen LogP contribution in [0.4, 0.5) is 0 Å². The number of halogens is 3. The van der Waals surface area contributed by atoms with Crippen molar-refractivity contribution in [3.8, 4) is 5.88 Å². The van der Waals surface area contributed by atoms with Gasteiger partial charge in [0.15, 0.2) is 6.20 Å². The summed E-state index contributed by atoms with van der Waals surface area (Å²) < 4.78 is 5.20. The number of benzene rings is 2. The Morgan fingerprint density at radius 3 is 2.33 bits per heavy atom. The Hall–Kier alpha value is -1.81. The molecule has 6 heteroatoms. The average molecular weight is 382 g/mol. The summed E-state index contributed by atoms with van der Waals surface area (Å²) in [7, 11) is 0. The summed E-state index contributed by atoms with van der Waals surface area (Å²) in [5.41, 5.74) is 0.609. The van der Waals surface area contributed by atoms with Crippen LogP contribution in [-0.2, 0) is 6.54 Å². The Morgan fingerprint density at radius 1 is 0.958 bits per heavy atom. The number of pyridine rings is 1. The van der Waals surface area contributed by atoms with Gasteiger partial charge in [-0.1, -0.05) is 48.5 Å². The molecule has 0 saturated heterocycles. The molecule has 0 unspecified atom stereocenters. The summed E-state index contributed by atoms with van der Waals surface area (Å²) in [5, 5.41) is 1.68. The summed E-state index contributed by atoms with van der Waals surface area (Å²) >= 11 is 17.4. The topological polar surface area (TPSA) is 30.2 Å². The van der Waals surface area contributed by atoms with E-state index in [1.807, 2.05) is 48.5 Å². The zero-order chi connectivity index (χ0) is 17.2. The largest absolute Gasteiger partial charge is 0.392 e. The second-order valence-electron chi connectivity index (χ2n) is 5.17. The van der Waals surface area contributed by atoms with Gasteiger partial charge in [0.05, 0.1) is 5.39 Å². The fourth-order valence-corrected chi connectivity index (χ4v) is 2.67. The van der Waals surface area contributed by atoms with Crippen molar-refractivity contribution >= 4 is 51.4 Å². The van der Waals surface area contributed by atoms with Gasteiger partial charge in [0.25, 0.3) is 0 Å². The van der Waals surface area contributed by atoms with E-state index in [1.165, 1.54) is 0 Å². The first-order valence-corrected chi connectivity index (χ1v) is 8.32. The molecule has 122 valence electrons. The number of aromatic nitrogens is 1. The van der Waals surface area contributed by atoms with Crippen molar-refractivity contribution in [2.24, 2.45) is 0 Å². The van der Waals surface area contributed by atoms with Crippen LogP contribution in [0.5, 0.6) is 5.88 Å². The van der Waals surface area contributed by atoms with Gasteiger partial charge in [-0.15, -0.1) is 0 Å². The Morgan fingerprint density at radius 2 is 1.62 bits per heavy atom. The molecule has 0 atom stereocenters. The fourth-order valence-electron chi connectivity index (χ4n) is 2.45. The van der Waals surface area contributed by atoms with Crippen molar-refractivity contribution in [2.75, 3.05) is 0 Å². The van der Waals surface area contributed by atoms with E-state index in [4.69, 9.17) is 39.5 Å². The number of hydrogen-bond donors (Lipinski definition) is 0. The maximum atomic E-state index is 12.5. The van der Waals surface area contributed by atoms with E-state index in [0.717, 1.165) is 10.8 Å². The molecule has 0 aliphatic rings. The second kappa shape index (κ2) is 6.98. The van der Waals surface area contributed by atoms with Crippen LogP contribution in [0.3, 0.4) is 0 Å². The van der Waals surface area contributed by atoms with Gasteiger partial charge in [-0.25, -0.2) is 0 Å². The Bertz CT molecular complexity index is 876. The molecule has 0 bridgehead atoms. The standard InChI is InChI=1S/C18H13Cl3NO2/c19-18(20,21)24-17-15-9-5-4-6-13(15)10-11-22(17)12-16(23)14-7-2-1-3-8-14/h1-11H,12H2/q+1. The van der Waals surface area contributed by atoms with Crippen molar-refractivity contribution in [1.29, 1.82) is 0 Å². The van der Waals surface area contributed by atoms with Gasteiger partial charge >= 0.3 is 9.86 Å². The van der Waals surface area contributed by atoms with Gasteiger partial charge < -0.3 is 4.74 Å². The maximum absolute atomic E-state index is 12.5. The van der Waals surface area contributed by atoms with Crippen molar-refractivity contribution in [1.82, 2.24) is 0 Å². The first kappa shape index (κ1) is 17.0. The van der Waals surface area contributed by atoms with Gasteiger partial charge in [-0.2, -0.15) is 4.57 Å². The zero-order valence-electron chi connectivity index (χ0n) is 12.5. The zero-order valence-corrected chi connectivity index (χ0v) is 14.7. The van der Waals surface area contributed by atoms with Crippen molar-refractivity contribution < 1.29 is 14.1 Å². The van der Waals surface area contributed by atoms with Crippen LogP contribution < -0.4 is 9.30 Å². The summed E-state index contributed by atoms with van der Waals surface area (Å²) in [6, 6.07) is 18.4. The van der Waals surface area contributed by atoms with Gasteiger partial charge in [-0.05, 0) is 46.3 Å². The van der Waals surface area contributed by atoms with E-state index in [2.05, 4.69) is 0 Å². The maximum Gasteiger partial charge on any atom is 0.379 e. The summed E-state index contributed by atoms with van der Waals surface area (Å²) in [6.45, 7) is 0.0743. The van der Waals surface area contributed by atoms with E-state index < -0.39 is 3.98 Å². The molecule has 1 aromatic heterocycles. The van der Waals surface area contributed by atoms with E-state index >= 15 is 0 Å². The minimum atomic E-state index is -1.93. The lowest BCUT2D eigenvalue weighted by molar-refractivity contribution is -0.687. The van der Waals surface area contributed by atoms with Crippen LogP contribution >= 0.6 is 34.8 Å². The highest BCUT2D eigenvalue weighted by atomic mass is 35.6. The van der Waals surface area contributed by atoms with Crippen molar-refractivity contribution in [2.45, 2.75) is 10.5 Å². The number of Topliss-reactive ketones (excluding diaryl/α,β-unsaturated/α-hetero) is 1. The number of hydrogen-bond acceptors (Lipinski definition) is 2. The van der Waals surface area contributed by atoms with Gasteiger partial charge in [0.2, 0.25) is 12.3 Å². The SMILES string of the molecule is O=C(C[n+]1ccc2ccccc2c1OC(Cl)(Cl)Cl)c1ccccc1. The predicted octanol–water partition coefficient (Wildman–Crippen LogP) is 4.72. The molecule has 0 spiro atoms. The molecule has 0 saturated carbocycles. The van der Waals surface area contributed by atoms with Crippen molar-refractivity contribution in [3.05, 3.63) is 72.4 Å². The summed E-state index contributed by atoms with van der Waals surface area (Å²) in [5.74, 6) is 0.266. The number of alkyl halides is 3.